The third kappa shape index (κ3) is 11.5. The van der Waals surface area contributed by atoms with Crippen molar-refractivity contribution in [3.63, 3.8) is 0 Å². The van der Waals surface area contributed by atoms with Gasteiger partial charge in [0.25, 0.3) is 11.8 Å². The predicted octanol–water partition coefficient (Wildman–Crippen LogP) is 6.17. The van der Waals surface area contributed by atoms with Gasteiger partial charge in [-0.2, -0.15) is 0 Å². The third-order valence-electron chi connectivity index (χ3n) is 7.23. The molecule has 0 aromatic heterocycles. The van der Waals surface area contributed by atoms with E-state index in [0.717, 1.165) is 11.1 Å². The van der Waals surface area contributed by atoms with Gasteiger partial charge in [-0.15, -0.1) is 0 Å². The second kappa shape index (κ2) is 20.0. The number of carbonyl (C=O) groups is 4. The average Bonchev–Trinajstić information content (AvgIpc) is 3.13. The Bertz CT molecular complexity index is 1430. The van der Waals surface area contributed by atoms with Crippen LogP contribution in [0.15, 0.2) is 121 Å². The largest absolute Gasteiger partial charge is 0.464 e. The Morgan fingerprint density at radius 1 is 0.500 bits per heavy atom. The van der Waals surface area contributed by atoms with Crippen LogP contribution in [0.1, 0.15) is 71.4 Å². The normalized spacial score (nSPS) is 12.9. The quantitative estimate of drug-likeness (QED) is 0.122. The van der Waals surface area contributed by atoms with Crippen LogP contribution < -0.4 is 11.0 Å². The van der Waals surface area contributed by atoms with Gasteiger partial charge in [0, 0.05) is 23.0 Å². The van der Waals surface area contributed by atoms with Crippen LogP contribution in [0, 0.1) is 0 Å². The molecule has 0 unspecified atom stereocenters. The second-order valence-corrected chi connectivity index (χ2v) is 10.6. The van der Waals surface area contributed by atoms with E-state index in [2.05, 4.69) is 11.0 Å². The summed E-state index contributed by atoms with van der Waals surface area (Å²) in [5.74, 6) is -2.40. The van der Waals surface area contributed by atoms with Crippen molar-refractivity contribution in [2.45, 2.75) is 51.7 Å². The van der Waals surface area contributed by atoms with Crippen LogP contribution >= 0.6 is 0 Å². The molecule has 10 heteroatoms. The van der Waals surface area contributed by atoms with E-state index >= 15 is 0 Å². The van der Waals surface area contributed by atoms with Crippen molar-refractivity contribution >= 4 is 23.8 Å². The first-order valence-corrected chi connectivity index (χ1v) is 15.7. The van der Waals surface area contributed by atoms with Crippen molar-refractivity contribution in [1.82, 2.24) is 11.0 Å². The van der Waals surface area contributed by atoms with Gasteiger partial charge in [-0.05, 0) is 49.2 Å². The maximum absolute atomic E-state index is 12.2. The lowest BCUT2D eigenvalue weighted by molar-refractivity contribution is -0.162. The van der Waals surface area contributed by atoms with Crippen molar-refractivity contribution in [1.29, 1.82) is 0 Å². The zero-order valence-electron chi connectivity index (χ0n) is 27.5. The summed E-state index contributed by atoms with van der Waals surface area (Å²) in [7, 11) is 0. The lowest BCUT2D eigenvalue weighted by Gasteiger charge is -2.22. The minimum Gasteiger partial charge on any atom is -0.464 e. The van der Waals surface area contributed by atoms with Gasteiger partial charge in [-0.25, -0.2) is 20.5 Å². The predicted molar refractivity (Wildman–Crippen MR) is 181 cm³/mol. The monoisotopic (exact) mass is 654 g/mol. The highest BCUT2D eigenvalue weighted by Gasteiger charge is 2.31. The minimum absolute atomic E-state index is 0.243. The summed E-state index contributed by atoms with van der Waals surface area (Å²) in [5, 5.41) is 0. The van der Waals surface area contributed by atoms with Crippen LogP contribution in [0.5, 0.6) is 0 Å². The molecule has 4 aromatic carbocycles. The Kier molecular flexibility index (Phi) is 15.5. The van der Waals surface area contributed by atoms with Crippen LogP contribution in [0.25, 0.3) is 0 Å². The summed E-state index contributed by atoms with van der Waals surface area (Å²) in [6.07, 6.45) is -1.86. The van der Waals surface area contributed by atoms with Gasteiger partial charge in [0.05, 0.1) is 13.2 Å². The van der Waals surface area contributed by atoms with E-state index in [0.29, 0.717) is 11.1 Å². The highest BCUT2D eigenvalue weighted by molar-refractivity contribution is 5.94. The fourth-order valence-corrected chi connectivity index (χ4v) is 4.55. The summed E-state index contributed by atoms with van der Waals surface area (Å²) in [6.45, 7) is 7.65. The van der Waals surface area contributed by atoms with Crippen molar-refractivity contribution in [3.05, 3.63) is 144 Å². The molecule has 252 valence electrons. The second-order valence-electron chi connectivity index (χ2n) is 10.6. The molecular formula is C38H42N2O8. The number of hydrogen-bond donors (Lipinski definition) is 2. The average molecular weight is 655 g/mol. The van der Waals surface area contributed by atoms with E-state index in [1.54, 1.807) is 62.4 Å². The number of esters is 2. The summed E-state index contributed by atoms with van der Waals surface area (Å²) < 4.78 is 10.1. The smallest absolute Gasteiger partial charge is 0.338 e. The van der Waals surface area contributed by atoms with Crippen LogP contribution in [0.4, 0.5) is 0 Å². The van der Waals surface area contributed by atoms with Crippen LogP contribution in [-0.2, 0) is 28.7 Å². The first-order chi connectivity index (χ1) is 23.3. The van der Waals surface area contributed by atoms with Crippen LogP contribution in [0.2, 0.25) is 0 Å². The third-order valence-corrected chi connectivity index (χ3v) is 7.23. The lowest BCUT2D eigenvalue weighted by atomic mass is 9.95. The maximum Gasteiger partial charge on any atom is 0.338 e. The van der Waals surface area contributed by atoms with Crippen molar-refractivity contribution in [2.24, 2.45) is 0 Å². The number of amides is 2. The lowest BCUT2D eigenvalue weighted by Crippen LogP contribution is -2.38. The van der Waals surface area contributed by atoms with Gasteiger partial charge in [0.1, 0.15) is 0 Å². The summed E-state index contributed by atoms with van der Waals surface area (Å²) >= 11 is 0. The Hall–Kier alpha value is -5.32. The fourth-order valence-electron chi connectivity index (χ4n) is 4.55. The fraction of sp³-hybridized carbons (Fsp3) is 0.263. The molecule has 0 saturated heterocycles. The first-order valence-electron chi connectivity index (χ1n) is 15.7. The van der Waals surface area contributed by atoms with Gasteiger partial charge in [-0.3, -0.25) is 19.3 Å². The Labute approximate surface area is 281 Å². The number of hydroxylamine groups is 2. The Morgan fingerprint density at radius 3 is 1.08 bits per heavy atom. The van der Waals surface area contributed by atoms with Crippen molar-refractivity contribution in [3.8, 4) is 0 Å². The molecule has 0 heterocycles. The molecule has 48 heavy (non-hydrogen) atoms. The molecule has 2 amide bonds. The van der Waals surface area contributed by atoms with Gasteiger partial charge < -0.3 is 9.47 Å². The van der Waals surface area contributed by atoms with Gasteiger partial charge in [-0.1, -0.05) is 111 Å². The molecule has 0 radical (unpaired) electrons. The summed E-state index contributed by atoms with van der Waals surface area (Å²) in [6, 6.07) is 36.3. The number of nitrogens with one attached hydrogen (secondary N) is 2. The van der Waals surface area contributed by atoms with Gasteiger partial charge >= 0.3 is 11.9 Å². The van der Waals surface area contributed by atoms with E-state index in [1.165, 1.54) is 0 Å². The number of ether oxygens (including phenoxy) is 2. The molecule has 2 N–H and O–H groups in total. The molecule has 0 saturated carbocycles. The molecule has 4 atom stereocenters. The first kappa shape index (κ1) is 37.1. The topological polar surface area (TPSA) is 129 Å². The molecule has 4 aromatic rings. The van der Waals surface area contributed by atoms with E-state index in [4.69, 9.17) is 19.1 Å². The van der Waals surface area contributed by atoms with Crippen molar-refractivity contribution < 1.29 is 38.3 Å². The zero-order chi connectivity index (χ0) is 34.7. The molecule has 0 aliphatic heterocycles. The maximum atomic E-state index is 12.2. The standard InChI is InChI=1S/2C19H21NO4/c2*1-3-23-19(22)17(14(2)15-10-6-4-7-11-15)24-20-18(21)16-12-8-5-9-13-16/h2*4-14,17H,3H2,1-2H3,(H,20,21)/t2*14-,17-/m10/s1. The highest BCUT2D eigenvalue weighted by Crippen LogP contribution is 2.23. The molecule has 10 nitrogen and oxygen atoms in total. The van der Waals surface area contributed by atoms with E-state index in [-0.39, 0.29) is 25.0 Å². The van der Waals surface area contributed by atoms with E-state index in [9.17, 15) is 19.2 Å². The molecule has 0 aliphatic rings. The highest BCUT2D eigenvalue weighted by atomic mass is 16.7. The van der Waals surface area contributed by atoms with E-state index in [1.807, 2.05) is 86.6 Å². The molecule has 4 rings (SSSR count). The summed E-state index contributed by atoms with van der Waals surface area (Å²) in [4.78, 5) is 59.4. The molecule has 0 aliphatic carbocycles. The SMILES string of the molecule is CCOC(=O)[C@@H](ONC(=O)c1ccccc1)[C@@H](C)c1ccccc1.CCOC(=O)[C@H](ONC(=O)c1ccccc1)[C@H](C)c1ccccc1. The molecular weight excluding hydrogens is 612 g/mol. The number of hydrogen-bond acceptors (Lipinski definition) is 8. The van der Waals surface area contributed by atoms with E-state index < -0.39 is 36.0 Å². The summed E-state index contributed by atoms with van der Waals surface area (Å²) in [5.41, 5.74) is 7.44. The molecule has 0 bridgehead atoms. The van der Waals surface area contributed by atoms with Gasteiger partial charge in [0.15, 0.2) is 12.2 Å². The Balaban J connectivity index is 0.000000260. The Morgan fingerprint density at radius 2 is 0.792 bits per heavy atom. The molecule has 0 fully saturated rings. The number of benzene rings is 4. The number of rotatable bonds is 14. The number of carbonyl (C=O) groups excluding carboxylic acids is 4. The van der Waals surface area contributed by atoms with Crippen LogP contribution in [0.3, 0.4) is 0 Å². The van der Waals surface area contributed by atoms with Crippen molar-refractivity contribution in [2.75, 3.05) is 13.2 Å². The van der Waals surface area contributed by atoms with Gasteiger partial charge in [0.2, 0.25) is 0 Å². The zero-order valence-corrected chi connectivity index (χ0v) is 27.5. The molecule has 0 spiro atoms. The minimum atomic E-state index is -0.931. The van der Waals surface area contributed by atoms with Crippen LogP contribution in [-0.4, -0.2) is 49.2 Å².